The van der Waals surface area contributed by atoms with Crippen LogP contribution in [-0.2, 0) is 4.74 Å². The van der Waals surface area contributed by atoms with Crippen LogP contribution in [0, 0.1) is 16.7 Å². The van der Waals surface area contributed by atoms with Crippen molar-refractivity contribution in [2.75, 3.05) is 32.2 Å². The number of rotatable bonds is 5. The Bertz CT molecular complexity index is 487. The van der Waals surface area contributed by atoms with E-state index in [4.69, 9.17) is 14.7 Å². The lowest BCUT2D eigenvalue weighted by Crippen LogP contribution is -2.46. The number of nitrogens with zero attached hydrogens (tertiary/aromatic N) is 1. The maximum Gasteiger partial charge on any atom is 0.142 e. The van der Waals surface area contributed by atoms with Crippen molar-refractivity contribution in [1.29, 1.82) is 5.26 Å². The van der Waals surface area contributed by atoms with Crippen LogP contribution in [0.15, 0.2) is 18.2 Å². The Kier molecular flexibility index (Phi) is 3.96. The monoisotopic (exact) mass is 260 g/mol. The number of ether oxygens (including phenoxy) is 2. The highest BCUT2D eigenvalue weighted by Gasteiger charge is 2.38. The molecule has 102 valence electrons. The fourth-order valence-electron chi connectivity index (χ4n) is 2.03. The highest BCUT2D eigenvalue weighted by atomic mass is 16.5. The molecule has 1 heterocycles. The molecule has 2 rings (SSSR count). The van der Waals surface area contributed by atoms with Crippen molar-refractivity contribution in [3.05, 3.63) is 23.8 Å². The summed E-state index contributed by atoms with van der Waals surface area (Å²) in [4.78, 5) is 0. The summed E-state index contributed by atoms with van der Waals surface area (Å²) < 4.78 is 10.5. The molecule has 0 atom stereocenters. The fourth-order valence-corrected chi connectivity index (χ4v) is 2.03. The number of nitrogens with one attached hydrogen (secondary N) is 1. The minimum Gasteiger partial charge on any atom is -0.495 e. The van der Waals surface area contributed by atoms with Crippen LogP contribution in [0.2, 0.25) is 0 Å². The zero-order valence-corrected chi connectivity index (χ0v) is 11.7. The van der Waals surface area contributed by atoms with Crippen LogP contribution in [0.25, 0.3) is 0 Å². The topological polar surface area (TPSA) is 54.3 Å². The quantitative estimate of drug-likeness (QED) is 0.884. The van der Waals surface area contributed by atoms with E-state index in [9.17, 15) is 0 Å². The lowest BCUT2D eigenvalue weighted by molar-refractivity contribution is -0.0690. The van der Waals surface area contributed by atoms with Gasteiger partial charge in [-0.3, -0.25) is 0 Å². The number of hydrogen-bond donors (Lipinski definition) is 1. The number of nitriles is 1. The molecule has 1 aromatic carbocycles. The number of methoxy groups -OCH3 is 1. The van der Waals surface area contributed by atoms with Crippen LogP contribution in [0.1, 0.15) is 25.3 Å². The van der Waals surface area contributed by atoms with E-state index < -0.39 is 0 Å². The zero-order valence-electron chi connectivity index (χ0n) is 11.7. The molecule has 0 radical (unpaired) electrons. The molecule has 0 spiro atoms. The van der Waals surface area contributed by atoms with Gasteiger partial charge in [0, 0.05) is 6.54 Å². The second-order valence-corrected chi connectivity index (χ2v) is 5.35. The van der Waals surface area contributed by atoms with E-state index in [2.05, 4.69) is 31.3 Å². The second-order valence-electron chi connectivity index (χ2n) is 5.35. The summed E-state index contributed by atoms with van der Waals surface area (Å²) in [5.74, 6) is 1.29. The van der Waals surface area contributed by atoms with Crippen LogP contribution in [0.4, 0.5) is 5.69 Å². The third kappa shape index (κ3) is 2.82. The van der Waals surface area contributed by atoms with Crippen LogP contribution >= 0.6 is 0 Å². The van der Waals surface area contributed by atoms with Crippen LogP contribution in [-0.4, -0.2) is 26.9 Å². The lowest BCUT2D eigenvalue weighted by Gasteiger charge is -2.35. The molecule has 1 aromatic rings. The van der Waals surface area contributed by atoms with Gasteiger partial charge in [-0.25, -0.2) is 0 Å². The van der Waals surface area contributed by atoms with E-state index >= 15 is 0 Å². The summed E-state index contributed by atoms with van der Waals surface area (Å²) in [5.41, 5.74) is 1.78. The highest BCUT2D eigenvalue weighted by Crippen LogP contribution is 2.31. The minimum absolute atomic E-state index is 0.387. The Morgan fingerprint density at radius 1 is 1.47 bits per heavy atom. The summed E-state index contributed by atoms with van der Waals surface area (Å²) in [5, 5.41) is 12.5. The molecule has 0 aliphatic carbocycles. The van der Waals surface area contributed by atoms with Gasteiger partial charge in [0.2, 0.25) is 0 Å². The molecule has 1 saturated heterocycles. The molecule has 0 unspecified atom stereocenters. The molecule has 0 aromatic heterocycles. The Morgan fingerprint density at radius 3 is 2.68 bits per heavy atom. The van der Waals surface area contributed by atoms with Gasteiger partial charge in [0.15, 0.2) is 0 Å². The first-order valence-electron chi connectivity index (χ1n) is 6.51. The second kappa shape index (κ2) is 5.50. The van der Waals surface area contributed by atoms with Gasteiger partial charge in [0.05, 0.1) is 32.1 Å². The van der Waals surface area contributed by atoms with E-state index in [1.165, 1.54) is 5.56 Å². The van der Waals surface area contributed by atoms with E-state index in [1.54, 1.807) is 7.11 Å². The molecule has 1 aliphatic rings. The van der Waals surface area contributed by atoms with Crippen molar-refractivity contribution in [3.63, 3.8) is 0 Å². The first-order valence-corrected chi connectivity index (χ1v) is 6.51. The van der Waals surface area contributed by atoms with E-state index in [0.717, 1.165) is 11.4 Å². The molecular formula is C15H20N2O2. The van der Waals surface area contributed by atoms with Crippen molar-refractivity contribution in [2.24, 2.45) is 5.41 Å². The van der Waals surface area contributed by atoms with Gasteiger partial charge < -0.3 is 14.8 Å². The molecule has 0 saturated carbocycles. The predicted molar refractivity (Wildman–Crippen MR) is 74.4 cm³/mol. The van der Waals surface area contributed by atoms with Gasteiger partial charge in [-0.2, -0.15) is 5.26 Å². The van der Waals surface area contributed by atoms with Gasteiger partial charge in [-0.1, -0.05) is 19.9 Å². The summed E-state index contributed by atoms with van der Waals surface area (Å²) in [6.45, 7) is 5.89. The summed E-state index contributed by atoms with van der Waals surface area (Å²) >= 11 is 0. The van der Waals surface area contributed by atoms with Gasteiger partial charge in [0.25, 0.3) is 0 Å². The molecule has 4 heteroatoms. The third-order valence-corrected chi connectivity index (χ3v) is 3.50. The molecule has 0 bridgehead atoms. The molecule has 0 amide bonds. The Morgan fingerprint density at radius 2 is 2.21 bits per heavy atom. The maximum absolute atomic E-state index is 9.16. The Hall–Kier alpha value is -1.73. The number of anilines is 1. The molecule has 4 nitrogen and oxygen atoms in total. The third-order valence-electron chi connectivity index (χ3n) is 3.50. The summed E-state index contributed by atoms with van der Waals surface area (Å²) in [6.07, 6.45) is 0. The largest absolute Gasteiger partial charge is 0.495 e. The van der Waals surface area contributed by atoms with E-state index in [0.29, 0.717) is 25.7 Å². The highest BCUT2D eigenvalue weighted by molar-refractivity contribution is 5.58. The Labute approximate surface area is 114 Å². The van der Waals surface area contributed by atoms with Gasteiger partial charge in [0.1, 0.15) is 11.2 Å². The van der Waals surface area contributed by atoms with Gasteiger partial charge in [-0.15, -0.1) is 0 Å². The zero-order chi connectivity index (χ0) is 13.9. The average Bonchev–Trinajstić information content (AvgIpc) is 2.37. The molecule has 1 aliphatic heterocycles. The van der Waals surface area contributed by atoms with Crippen molar-refractivity contribution in [2.45, 2.75) is 19.8 Å². The van der Waals surface area contributed by atoms with Crippen LogP contribution in [0.3, 0.4) is 0 Å². The van der Waals surface area contributed by atoms with Crippen molar-refractivity contribution < 1.29 is 9.47 Å². The standard InChI is InChI=1S/C15H20N2O2/c1-11(2)12-4-5-13(14(6-12)18-3)17-8-15(7-16)9-19-10-15/h4-6,11,17H,8-10H2,1-3H3. The average molecular weight is 260 g/mol. The molecule has 19 heavy (non-hydrogen) atoms. The maximum atomic E-state index is 9.16. The molecule has 1 fully saturated rings. The van der Waals surface area contributed by atoms with Crippen molar-refractivity contribution in [1.82, 2.24) is 0 Å². The van der Waals surface area contributed by atoms with Crippen molar-refractivity contribution >= 4 is 5.69 Å². The minimum atomic E-state index is -0.387. The van der Waals surface area contributed by atoms with Gasteiger partial charge >= 0.3 is 0 Å². The van der Waals surface area contributed by atoms with E-state index in [1.807, 2.05) is 12.1 Å². The smallest absolute Gasteiger partial charge is 0.142 e. The number of benzene rings is 1. The SMILES string of the molecule is COc1cc(C(C)C)ccc1NCC1(C#N)COC1. The normalized spacial score (nSPS) is 16.6. The van der Waals surface area contributed by atoms with Crippen LogP contribution in [0.5, 0.6) is 5.75 Å². The number of hydrogen-bond acceptors (Lipinski definition) is 4. The first kappa shape index (κ1) is 13.7. The van der Waals surface area contributed by atoms with Crippen LogP contribution < -0.4 is 10.1 Å². The van der Waals surface area contributed by atoms with Gasteiger partial charge in [-0.05, 0) is 23.6 Å². The molecule has 1 N–H and O–H groups in total. The van der Waals surface area contributed by atoms with Crippen molar-refractivity contribution in [3.8, 4) is 11.8 Å². The fraction of sp³-hybridized carbons (Fsp3) is 0.533. The Balaban J connectivity index is 2.10. The lowest BCUT2D eigenvalue weighted by atomic mass is 9.88. The van der Waals surface area contributed by atoms with E-state index in [-0.39, 0.29) is 5.41 Å². The summed E-state index contributed by atoms with van der Waals surface area (Å²) in [6, 6.07) is 8.47. The first-order chi connectivity index (χ1) is 9.10. The predicted octanol–water partition coefficient (Wildman–Crippen LogP) is 2.77. The molecular weight excluding hydrogens is 240 g/mol. The summed E-state index contributed by atoms with van der Waals surface area (Å²) in [7, 11) is 1.66.